The summed E-state index contributed by atoms with van der Waals surface area (Å²) in [5.74, 6) is -0.181. The molecule has 0 unspecified atom stereocenters. The molecule has 2 atom stereocenters. The molecule has 2 amide bonds. The van der Waals surface area contributed by atoms with Gasteiger partial charge in [-0.1, -0.05) is 84.4 Å². The first-order valence-electron chi connectivity index (χ1n) is 13.2. The summed E-state index contributed by atoms with van der Waals surface area (Å²) >= 11 is 6.52. The molecule has 0 radical (unpaired) electrons. The lowest BCUT2D eigenvalue weighted by Crippen LogP contribution is -2.47. The average Bonchev–Trinajstić information content (AvgIpc) is 2.99. The molecule has 4 aromatic carbocycles. The van der Waals surface area contributed by atoms with Crippen molar-refractivity contribution in [1.82, 2.24) is 10.2 Å². The summed E-state index contributed by atoms with van der Waals surface area (Å²) in [7, 11) is 1.63. The van der Waals surface area contributed by atoms with Crippen molar-refractivity contribution >= 4 is 23.4 Å². The van der Waals surface area contributed by atoms with E-state index < -0.39 is 12.0 Å². The maximum absolute atomic E-state index is 14.0. The van der Waals surface area contributed by atoms with Crippen LogP contribution in [0.15, 0.2) is 97.1 Å². The fourth-order valence-corrected chi connectivity index (χ4v) is 5.48. The zero-order valence-electron chi connectivity index (χ0n) is 22.2. The summed E-state index contributed by atoms with van der Waals surface area (Å²) in [6.07, 6.45) is 0.655. The second kappa shape index (κ2) is 12.4. The van der Waals surface area contributed by atoms with E-state index >= 15 is 0 Å². The van der Waals surface area contributed by atoms with E-state index in [1.54, 1.807) is 24.1 Å². The van der Waals surface area contributed by atoms with Gasteiger partial charge in [0.1, 0.15) is 5.75 Å². The standard InChI is InChI=1S/C33H31ClN2O4/c1-40-26-16-12-22(13-17-26)18-19-35-32(38)30-27-7-3-4-8-28(27)33(39)36(20-25-6-2-5-9-29(25)34)31(30)24-14-10-23(21-37)11-15-24/h2-17,30-31,37H,18-21H2,1H3,(H,35,38)/t30-,31+/m1/s1. The molecule has 0 aromatic heterocycles. The summed E-state index contributed by atoms with van der Waals surface area (Å²) in [6.45, 7) is 0.596. The van der Waals surface area contributed by atoms with Crippen LogP contribution in [0.4, 0.5) is 0 Å². The molecular weight excluding hydrogens is 524 g/mol. The second-order valence-corrected chi connectivity index (χ2v) is 10.2. The minimum Gasteiger partial charge on any atom is -0.497 e. The Morgan fingerprint density at radius 3 is 2.30 bits per heavy atom. The molecule has 1 heterocycles. The van der Waals surface area contributed by atoms with Crippen molar-refractivity contribution in [3.63, 3.8) is 0 Å². The fraction of sp³-hybridized carbons (Fsp3) is 0.212. The van der Waals surface area contributed by atoms with Gasteiger partial charge in [-0.2, -0.15) is 0 Å². The molecule has 5 rings (SSSR count). The minimum absolute atomic E-state index is 0.0919. The smallest absolute Gasteiger partial charge is 0.255 e. The third kappa shape index (κ3) is 5.74. The molecular formula is C33H31ClN2O4. The maximum Gasteiger partial charge on any atom is 0.255 e. The van der Waals surface area contributed by atoms with Crippen molar-refractivity contribution in [2.24, 2.45) is 0 Å². The van der Waals surface area contributed by atoms with E-state index in [4.69, 9.17) is 16.3 Å². The Morgan fingerprint density at radius 1 is 0.925 bits per heavy atom. The molecule has 6 nitrogen and oxygen atoms in total. The fourth-order valence-electron chi connectivity index (χ4n) is 5.28. The lowest BCUT2D eigenvalue weighted by molar-refractivity contribution is -0.124. The number of nitrogens with zero attached hydrogens (tertiary/aromatic N) is 1. The molecule has 7 heteroatoms. The minimum atomic E-state index is -0.646. The Labute approximate surface area is 239 Å². The number of rotatable bonds is 9. The van der Waals surface area contributed by atoms with Crippen molar-refractivity contribution in [1.29, 1.82) is 0 Å². The Morgan fingerprint density at radius 2 is 1.60 bits per heavy atom. The Hall–Kier alpha value is -4.13. The van der Waals surface area contributed by atoms with Gasteiger partial charge < -0.3 is 20.1 Å². The lowest BCUT2D eigenvalue weighted by atomic mass is 9.78. The van der Waals surface area contributed by atoms with Gasteiger partial charge in [-0.05, 0) is 58.5 Å². The van der Waals surface area contributed by atoms with Crippen LogP contribution >= 0.6 is 11.6 Å². The number of carbonyl (C=O) groups excluding carboxylic acids is 2. The van der Waals surface area contributed by atoms with Crippen molar-refractivity contribution in [3.05, 3.63) is 135 Å². The van der Waals surface area contributed by atoms with E-state index in [1.165, 1.54) is 0 Å². The predicted molar refractivity (Wildman–Crippen MR) is 155 cm³/mol. The van der Waals surface area contributed by atoms with Crippen LogP contribution in [0.1, 0.15) is 50.1 Å². The third-order valence-corrected chi connectivity index (χ3v) is 7.76. The van der Waals surface area contributed by atoms with Gasteiger partial charge in [-0.25, -0.2) is 0 Å². The molecule has 204 valence electrons. The summed E-state index contributed by atoms with van der Waals surface area (Å²) in [5, 5.41) is 13.3. The van der Waals surface area contributed by atoms with Gasteiger partial charge in [0, 0.05) is 23.7 Å². The monoisotopic (exact) mass is 554 g/mol. The third-order valence-electron chi connectivity index (χ3n) is 7.40. The molecule has 2 N–H and O–H groups in total. The number of amides is 2. The first kappa shape index (κ1) is 27.4. The number of aliphatic hydroxyl groups is 1. The van der Waals surface area contributed by atoms with Crippen LogP contribution < -0.4 is 10.1 Å². The number of halogens is 1. The quantitative estimate of drug-likeness (QED) is 0.279. The molecule has 0 spiro atoms. The second-order valence-electron chi connectivity index (χ2n) is 9.82. The molecule has 0 saturated carbocycles. The number of fused-ring (bicyclic) bond motifs is 1. The summed E-state index contributed by atoms with van der Waals surface area (Å²) in [4.78, 5) is 29.7. The highest BCUT2D eigenvalue weighted by Crippen LogP contribution is 2.44. The molecule has 1 aliphatic rings. The molecule has 0 fully saturated rings. The highest BCUT2D eigenvalue weighted by atomic mass is 35.5. The topological polar surface area (TPSA) is 78.9 Å². The van der Waals surface area contributed by atoms with Crippen LogP contribution in [0.2, 0.25) is 5.02 Å². The van der Waals surface area contributed by atoms with Crippen LogP contribution in [0.25, 0.3) is 0 Å². The number of methoxy groups -OCH3 is 1. The first-order valence-corrected chi connectivity index (χ1v) is 13.6. The van der Waals surface area contributed by atoms with Gasteiger partial charge in [0.25, 0.3) is 5.91 Å². The Kier molecular flexibility index (Phi) is 8.48. The molecule has 0 bridgehead atoms. The SMILES string of the molecule is COc1ccc(CCNC(=O)[C@@H]2c3ccccc3C(=O)N(Cc3ccccc3Cl)[C@H]2c2ccc(CO)cc2)cc1. The lowest BCUT2D eigenvalue weighted by Gasteiger charge is -2.42. The molecule has 40 heavy (non-hydrogen) atoms. The number of hydrogen-bond donors (Lipinski definition) is 2. The Bertz CT molecular complexity index is 1490. The zero-order valence-corrected chi connectivity index (χ0v) is 23.0. The number of ether oxygens (including phenoxy) is 1. The van der Waals surface area contributed by atoms with Gasteiger partial charge in [0.15, 0.2) is 0 Å². The van der Waals surface area contributed by atoms with E-state index in [0.29, 0.717) is 29.1 Å². The molecule has 0 aliphatic carbocycles. The largest absolute Gasteiger partial charge is 0.497 e. The normalized spacial score (nSPS) is 16.4. The number of aliphatic hydroxyl groups excluding tert-OH is 1. The van der Waals surface area contributed by atoms with Crippen molar-refractivity contribution < 1.29 is 19.4 Å². The Balaban J connectivity index is 1.51. The number of nitrogens with one attached hydrogen (secondary N) is 1. The van der Waals surface area contributed by atoms with E-state index in [9.17, 15) is 14.7 Å². The van der Waals surface area contributed by atoms with E-state index in [0.717, 1.165) is 28.0 Å². The van der Waals surface area contributed by atoms with Crippen LogP contribution in [0, 0.1) is 0 Å². The van der Waals surface area contributed by atoms with Gasteiger partial charge >= 0.3 is 0 Å². The van der Waals surface area contributed by atoms with Crippen LogP contribution in [-0.4, -0.2) is 35.5 Å². The number of benzene rings is 4. The van der Waals surface area contributed by atoms with Crippen LogP contribution in [0.3, 0.4) is 0 Å². The highest BCUT2D eigenvalue weighted by molar-refractivity contribution is 6.31. The highest BCUT2D eigenvalue weighted by Gasteiger charge is 2.44. The number of carbonyl (C=O) groups is 2. The van der Waals surface area contributed by atoms with Crippen molar-refractivity contribution in [2.75, 3.05) is 13.7 Å². The van der Waals surface area contributed by atoms with Gasteiger partial charge in [0.2, 0.25) is 5.91 Å². The van der Waals surface area contributed by atoms with Gasteiger partial charge in [-0.15, -0.1) is 0 Å². The van der Waals surface area contributed by atoms with E-state index in [-0.39, 0.29) is 25.0 Å². The molecule has 0 saturated heterocycles. The zero-order chi connectivity index (χ0) is 28.1. The van der Waals surface area contributed by atoms with Crippen molar-refractivity contribution in [3.8, 4) is 5.75 Å². The van der Waals surface area contributed by atoms with E-state index in [1.807, 2.05) is 84.9 Å². The molecule has 1 aliphatic heterocycles. The van der Waals surface area contributed by atoms with E-state index in [2.05, 4.69) is 5.32 Å². The predicted octanol–water partition coefficient (Wildman–Crippen LogP) is 5.68. The molecule has 4 aromatic rings. The van der Waals surface area contributed by atoms with Crippen molar-refractivity contribution in [2.45, 2.75) is 31.5 Å². The van der Waals surface area contributed by atoms with Gasteiger partial charge in [-0.3, -0.25) is 9.59 Å². The summed E-state index contributed by atoms with van der Waals surface area (Å²) in [6, 6.07) is 29.4. The summed E-state index contributed by atoms with van der Waals surface area (Å²) < 4.78 is 5.24. The number of hydrogen-bond acceptors (Lipinski definition) is 4. The first-order chi connectivity index (χ1) is 19.5. The average molecular weight is 555 g/mol. The van der Waals surface area contributed by atoms with Gasteiger partial charge in [0.05, 0.1) is 25.7 Å². The maximum atomic E-state index is 14.0. The van der Waals surface area contributed by atoms with Crippen LogP contribution in [0.5, 0.6) is 5.75 Å². The van der Waals surface area contributed by atoms with Crippen LogP contribution in [-0.2, 0) is 24.4 Å². The summed E-state index contributed by atoms with van der Waals surface area (Å²) in [5.41, 5.74) is 4.64.